The molecule has 30 heavy (non-hydrogen) atoms. The topological polar surface area (TPSA) is 80.9 Å². The highest BCUT2D eigenvalue weighted by atomic mass is 32.2. The van der Waals surface area contributed by atoms with Crippen LogP contribution in [0.25, 0.3) is 0 Å². The van der Waals surface area contributed by atoms with Crippen molar-refractivity contribution in [1.82, 2.24) is 15.1 Å². The van der Waals surface area contributed by atoms with Gasteiger partial charge in [-0.15, -0.1) is 23.1 Å². The Morgan fingerprint density at radius 2 is 2.03 bits per heavy atom. The second kappa shape index (κ2) is 9.23. The zero-order valence-electron chi connectivity index (χ0n) is 16.6. The van der Waals surface area contributed by atoms with E-state index in [4.69, 9.17) is 4.52 Å². The van der Waals surface area contributed by atoms with Crippen molar-refractivity contribution in [3.05, 3.63) is 88.0 Å². The maximum absolute atomic E-state index is 12.9. The fourth-order valence-electron chi connectivity index (χ4n) is 2.95. The number of hydrogen-bond acceptors (Lipinski definition) is 7. The van der Waals surface area contributed by atoms with E-state index in [1.807, 2.05) is 24.4 Å². The molecule has 0 spiro atoms. The van der Waals surface area contributed by atoms with Crippen molar-refractivity contribution in [3.63, 3.8) is 0 Å². The SMILES string of the molecule is Cc1cccc(Cc2cnc(NC(=O)c3ccccc3SCc3nc(C)no3)s2)c1. The quantitative estimate of drug-likeness (QED) is 0.397. The number of nitrogens with one attached hydrogen (secondary N) is 1. The van der Waals surface area contributed by atoms with Crippen LogP contribution in [-0.4, -0.2) is 21.0 Å². The first-order chi connectivity index (χ1) is 14.6. The van der Waals surface area contributed by atoms with Crippen LogP contribution >= 0.6 is 23.1 Å². The van der Waals surface area contributed by atoms with Crippen LogP contribution in [0.1, 0.15) is 38.1 Å². The number of aryl methyl sites for hydroxylation is 2. The lowest BCUT2D eigenvalue weighted by molar-refractivity contribution is 0.102. The van der Waals surface area contributed by atoms with Gasteiger partial charge in [0.2, 0.25) is 5.89 Å². The van der Waals surface area contributed by atoms with E-state index in [1.165, 1.54) is 34.2 Å². The van der Waals surface area contributed by atoms with Gasteiger partial charge in [-0.1, -0.05) is 47.1 Å². The van der Waals surface area contributed by atoms with E-state index in [0.29, 0.717) is 28.2 Å². The molecule has 4 rings (SSSR count). The maximum atomic E-state index is 12.9. The van der Waals surface area contributed by atoms with E-state index in [1.54, 1.807) is 13.0 Å². The molecule has 0 radical (unpaired) electrons. The summed E-state index contributed by atoms with van der Waals surface area (Å²) in [5.41, 5.74) is 3.05. The third-order valence-electron chi connectivity index (χ3n) is 4.29. The highest BCUT2D eigenvalue weighted by Gasteiger charge is 2.15. The molecule has 0 bridgehead atoms. The summed E-state index contributed by atoms with van der Waals surface area (Å²) in [5.74, 6) is 1.45. The Hall–Kier alpha value is -2.97. The summed E-state index contributed by atoms with van der Waals surface area (Å²) in [7, 11) is 0. The molecule has 0 saturated carbocycles. The minimum absolute atomic E-state index is 0.184. The fraction of sp³-hybridized carbons (Fsp3) is 0.182. The largest absolute Gasteiger partial charge is 0.338 e. The van der Waals surface area contributed by atoms with Gasteiger partial charge in [-0.3, -0.25) is 10.1 Å². The third-order valence-corrected chi connectivity index (χ3v) is 6.26. The lowest BCUT2D eigenvalue weighted by Crippen LogP contribution is -2.12. The number of benzene rings is 2. The van der Waals surface area contributed by atoms with Gasteiger partial charge < -0.3 is 4.52 Å². The Balaban J connectivity index is 1.42. The molecule has 0 atom stereocenters. The lowest BCUT2D eigenvalue weighted by Gasteiger charge is -2.07. The van der Waals surface area contributed by atoms with E-state index >= 15 is 0 Å². The van der Waals surface area contributed by atoms with Crippen molar-refractivity contribution >= 4 is 34.1 Å². The second-order valence-corrected chi connectivity index (χ2v) is 8.90. The number of aromatic nitrogens is 3. The van der Waals surface area contributed by atoms with Crippen molar-refractivity contribution < 1.29 is 9.32 Å². The van der Waals surface area contributed by atoms with E-state index in [0.717, 1.165) is 16.2 Å². The number of thioether (sulfide) groups is 1. The van der Waals surface area contributed by atoms with Gasteiger partial charge in [0.05, 0.1) is 11.3 Å². The molecule has 8 heteroatoms. The molecule has 2 aromatic carbocycles. The van der Waals surface area contributed by atoms with Gasteiger partial charge >= 0.3 is 0 Å². The van der Waals surface area contributed by atoms with Crippen LogP contribution in [0.5, 0.6) is 0 Å². The molecule has 1 amide bonds. The first-order valence-corrected chi connectivity index (χ1v) is 11.2. The minimum Gasteiger partial charge on any atom is -0.338 e. The van der Waals surface area contributed by atoms with Crippen molar-refractivity contribution in [2.75, 3.05) is 5.32 Å². The van der Waals surface area contributed by atoms with E-state index in [9.17, 15) is 4.79 Å². The smallest absolute Gasteiger partial charge is 0.258 e. The first kappa shape index (κ1) is 20.3. The Labute approximate surface area is 182 Å². The van der Waals surface area contributed by atoms with Gasteiger partial charge in [-0.25, -0.2) is 4.98 Å². The number of thiazole rings is 1. The van der Waals surface area contributed by atoms with Gasteiger partial charge in [0.25, 0.3) is 5.91 Å². The highest BCUT2D eigenvalue weighted by Crippen LogP contribution is 2.27. The van der Waals surface area contributed by atoms with Gasteiger partial charge in [0.15, 0.2) is 11.0 Å². The van der Waals surface area contributed by atoms with Crippen molar-refractivity contribution in [1.29, 1.82) is 0 Å². The summed E-state index contributed by atoms with van der Waals surface area (Å²) in [6, 6.07) is 15.9. The molecule has 1 N–H and O–H groups in total. The first-order valence-electron chi connectivity index (χ1n) is 9.39. The summed E-state index contributed by atoms with van der Waals surface area (Å²) in [4.78, 5) is 23.4. The van der Waals surface area contributed by atoms with Gasteiger partial charge in [-0.05, 0) is 31.5 Å². The average molecular weight is 437 g/mol. The molecule has 0 aliphatic rings. The van der Waals surface area contributed by atoms with Crippen LogP contribution in [0.4, 0.5) is 5.13 Å². The number of nitrogens with zero attached hydrogens (tertiary/aromatic N) is 3. The molecule has 4 aromatic rings. The number of rotatable bonds is 7. The molecule has 6 nitrogen and oxygen atoms in total. The number of carbonyl (C=O) groups is 1. The molecule has 2 heterocycles. The van der Waals surface area contributed by atoms with Crippen LogP contribution in [0.15, 0.2) is 64.1 Å². The van der Waals surface area contributed by atoms with Crippen molar-refractivity contribution in [2.45, 2.75) is 30.9 Å². The number of hydrogen-bond donors (Lipinski definition) is 1. The Morgan fingerprint density at radius 3 is 2.83 bits per heavy atom. The van der Waals surface area contributed by atoms with Crippen molar-refractivity contribution in [3.8, 4) is 0 Å². The van der Waals surface area contributed by atoms with E-state index in [2.05, 4.69) is 51.6 Å². The second-order valence-electron chi connectivity index (χ2n) is 6.77. The fourth-order valence-corrected chi connectivity index (χ4v) is 4.68. The predicted octanol–water partition coefficient (Wildman–Crippen LogP) is 5.28. The standard InChI is InChI=1S/C22H20N4O2S2/c1-14-6-5-7-16(10-14)11-17-12-23-22(30-17)25-21(27)18-8-3-4-9-19(18)29-13-20-24-15(2)26-28-20/h3-10,12H,11,13H2,1-2H3,(H,23,25,27). The van der Waals surface area contributed by atoms with Crippen LogP contribution in [-0.2, 0) is 12.2 Å². The van der Waals surface area contributed by atoms with E-state index < -0.39 is 0 Å². The predicted molar refractivity (Wildman–Crippen MR) is 119 cm³/mol. The molecular weight excluding hydrogens is 416 g/mol. The number of anilines is 1. The lowest BCUT2D eigenvalue weighted by atomic mass is 10.1. The molecule has 0 aliphatic heterocycles. The van der Waals surface area contributed by atoms with Crippen LogP contribution in [0.2, 0.25) is 0 Å². The minimum atomic E-state index is -0.184. The zero-order chi connectivity index (χ0) is 20.9. The van der Waals surface area contributed by atoms with Crippen LogP contribution in [0.3, 0.4) is 0 Å². The monoisotopic (exact) mass is 436 g/mol. The summed E-state index contributed by atoms with van der Waals surface area (Å²) in [6.07, 6.45) is 2.62. The van der Waals surface area contributed by atoms with Gasteiger partial charge in [0, 0.05) is 22.4 Å². The molecule has 0 saturated heterocycles. The molecular formula is C22H20N4O2S2. The van der Waals surface area contributed by atoms with Gasteiger partial charge in [0.1, 0.15) is 0 Å². The summed E-state index contributed by atoms with van der Waals surface area (Å²) in [5, 5.41) is 7.31. The number of amides is 1. The summed E-state index contributed by atoms with van der Waals surface area (Å²) in [6.45, 7) is 3.86. The van der Waals surface area contributed by atoms with Crippen LogP contribution < -0.4 is 5.32 Å². The third kappa shape index (κ3) is 5.14. The Morgan fingerprint density at radius 1 is 1.17 bits per heavy atom. The maximum Gasteiger partial charge on any atom is 0.258 e. The van der Waals surface area contributed by atoms with Crippen molar-refractivity contribution in [2.24, 2.45) is 0 Å². The van der Waals surface area contributed by atoms with Crippen LogP contribution in [0, 0.1) is 13.8 Å². The highest BCUT2D eigenvalue weighted by molar-refractivity contribution is 7.98. The molecule has 0 aliphatic carbocycles. The Kier molecular flexibility index (Phi) is 6.25. The normalized spacial score (nSPS) is 10.9. The Bertz CT molecular complexity index is 1170. The number of carbonyl (C=O) groups excluding carboxylic acids is 1. The van der Waals surface area contributed by atoms with Gasteiger partial charge in [-0.2, -0.15) is 4.98 Å². The molecule has 0 fully saturated rings. The molecule has 2 aromatic heterocycles. The summed E-state index contributed by atoms with van der Waals surface area (Å²) < 4.78 is 5.15. The zero-order valence-corrected chi connectivity index (χ0v) is 18.2. The molecule has 0 unspecified atom stereocenters. The van der Waals surface area contributed by atoms with E-state index in [-0.39, 0.29) is 5.91 Å². The summed E-state index contributed by atoms with van der Waals surface area (Å²) >= 11 is 2.98. The average Bonchev–Trinajstić information content (AvgIpc) is 3.35. The molecule has 152 valence electrons.